The lowest BCUT2D eigenvalue weighted by atomic mass is 10.1. The van der Waals surface area contributed by atoms with Gasteiger partial charge in [0.25, 0.3) is 5.91 Å². The Balaban J connectivity index is 1.48. The molecule has 8 heteroatoms. The van der Waals surface area contributed by atoms with E-state index >= 15 is 0 Å². The molecule has 0 aliphatic heterocycles. The zero-order valence-corrected chi connectivity index (χ0v) is 24.9. The predicted molar refractivity (Wildman–Crippen MR) is 167 cm³/mol. The van der Waals surface area contributed by atoms with Gasteiger partial charge in [0.1, 0.15) is 5.75 Å². The zero-order valence-electron chi connectivity index (χ0n) is 24.9. The third-order valence-electron chi connectivity index (χ3n) is 7.17. The number of amides is 2. The molecule has 0 saturated carbocycles. The van der Waals surface area contributed by atoms with Gasteiger partial charge in [-0.15, -0.1) is 0 Å². The van der Waals surface area contributed by atoms with E-state index in [1.807, 2.05) is 0 Å². The summed E-state index contributed by atoms with van der Waals surface area (Å²) in [5.41, 5.74) is 1.87. The number of ether oxygens (including phenoxy) is 1. The van der Waals surface area contributed by atoms with E-state index in [1.165, 1.54) is 75.6 Å². The van der Waals surface area contributed by atoms with Crippen LogP contribution < -0.4 is 15.0 Å². The number of rotatable bonds is 17. The largest absolute Gasteiger partial charge is 0.474 e. The first kappa shape index (κ1) is 33.0. The summed E-state index contributed by atoms with van der Waals surface area (Å²) >= 11 is 0. The number of anilines is 1. The van der Waals surface area contributed by atoms with E-state index in [1.54, 1.807) is 54.6 Å². The van der Waals surface area contributed by atoms with Crippen molar-refractivity contribution in [1.29, 1.82) is 0 Å². The van der Waals surface area contributed by atoms with Crippen LogP contribution in [0.4, 0.5) is 5.69 Å². The van der Waals surface area contributed by atoms with Gasteiger partial charge in [0, 0.05) is 17.8 Å². The maximum Gasteiger partial charge on any atom is 0.394 e. The quantitative estimate of drug-likeness (QED) is 0.0750. The van der Waals surface area contributed by atoms with Gasteiger partial charge in [-0.1, -0.05) is 95.0 Å². The Morgan fingerprint density at radius 2 is 1.28 bits per heavy atom. The smallest absolute Gasteiger partial charge is 0.394 e. The van der Waals surface area contributed by atoms with Crippen LogP contribution in [0.1, 0.15) is 97.4 Å². The second-order valence-corrected chi connectivity index (χ2v) is 10.6. The van der Waals surface area contributed by atoms with Crippen molar-refractivity contribution in [3.05, 3.63) is 95.6 Å². The number of carbonyl (C=O) groups excluding carboxylic acids is 3. The monoisotopic (exact) mass is 586 g/mol. The average Bonchev–Trinajstić information content (AvgIpc) is 3.03. The van der Waals surface area contributed by atoms with Crippen LogP contribution in [0, 0.1) is 0 Å². The molecule has 0 aliphatic rings. The molecule has 2 amide bonds. The minimum Gasteiger partial charge on any atom is -0.474 e. The summed E-state index contributed by atoms with van der Waals surface area (Å²) in [5, 5.41) is 12.4. The number of benzene rings is 3. The molecule has 0 atom stereocenters. The van der Waals surface area contributed by atoms with Gasteiger partial charge in [-0.05, 0) is 60.5 Å². The molecule has 0 aliphatic carbocycles. The Morgan fingerprint density at radius 3 is 1.86 bits per heavy atom. The first-order valence-electron chi connectivity index (χ1n) is 15.2. The van der Waals surface area contributed by atoms with Gasteiger partial charge in [0.05, 0.1) is 12.1 Å². The summed E-state index contributed by atoms with van der Waals surface area (Å²) in [7, 11) is 0. The van der Waals surface area contributed by atoms with Crippen LogP contribution in [0.5, 0.6) is 5.75 Å². The van der Waals surface area contributed by atoms with Crippen molar-refractivity contribution in [3.63, 3.8) is 0 Å². The fraction of sp³-hybridized carbons (Fsp3) is 0.371. The molecule has 0 heterocycles. The van der Waals surface area contributed by atoms with Crippen LogP contribution in [0.25, 0.3) is 0 Å². The maximum atomic E-state index is 12.6. The van der Waals surface area contributed by atoms with E-state index in [9.17, 15) is 24.3 Å². The molecule has 43 heavy (non-hydrogen) atoms. The van der Waals surface area contributed by atoms with Crippen molar-refractivity contribution in [2.45, 2.75) is 77.7 Å². The van der Waals surface area contributed by atoms with E-state index < -0.39 is 17.8 Å². The Labute approximate surface area is 254 Å². The highest BCUT2D eigenvalue weighted by molar-refractivity contribution is 6.37. The Hall–Kier alpha value is -4.46. The van der Waals surface area contributed by atoms with Gasteiger partial charge in [-0.3, -0.25) is 14.5 Å². The SMILES string of the molecule is CCCCCCCCCCCCNC(=O)c1ccc(CN(C(=O)C(=O)O)c2ccc(OC(=O)c3ccccc3)cc2)cc1. The number of carboxylic acid groups (broad SMARTS) is 1. The highest BCUT2D eigenvalue weighted by Crippen LogP contribution is 2.23. The number of esters is 1. The third-order valence-corrected chi connectivity index (χ3v) is 7.17. The van der Waals surface area contributed by atoms with Crippen LogP contribution in [0.2, 0.25) is 0 Å². The van der Waals surface area contributed by atoms with Crippen LogP contribution in [0.3, 0.4) is 0 Å². The maximum absolute atomic E-state index is 12.6. The van der Waals surface area contributed by atoms with E-state index in [0.717, 1.165) is 17.7 Å². The number of hydrogen-bond donors (Lipinski definition) is 2. The summed E-state index contributed by atoms with van der Waals surface area (Å²) in [6, 6.07) is 21.3. The van der Waals surface area contributed by atoms with Gasteiger partial charge >= 0.3 is 17.8 Å². The molecule has 3 rings (SSSR count). The molecule has 0 saturated heterocycles. The first-order chi connectivity index (χ1) is 20.9. The van der Waals surface area contributed by atoms with E-state index in [0.29, 0.717) is 28.9 Å². The molecule has 3 aromatic carbocycles. The molecule has 8 nitrogen and oxygen atoms in total. The highest BCUT2D eigenvalue weighted by Gasteiger charge is 2.23. The molecular formula is C35H42N2O6. The van der Waals surface area contributed by atoms with Crippen molar-refractivity contribution in [2.24, 2.45) is 0 Å². The molecule has 0 aromatic heterocycles. The number of hydrogen-bond acceptors (Lipinski definition) is 5. The fourth-order valence-electron chi connectivity index (χ4n) is 4.69. The van der Waals surface area contributed by atoms with Crippen LogP contribution in [-0.4, -0.2) is 35.4 Å². The summed E-state index contributed by atoms with van der Waals surface area (Å²) in [6.45, 7) is 2.83. The normalized spacial score (nSPS) is 10.6. The number of nitrogens with zero attached hydrogens (tertiary/aromatic N) is 1. The van der Waals surface area contributed by atoms with Gasteiger partial charge in [-0.2, -0.15) is 0 Å². The number of nitrogens with one attached hydrogen (secondary N) is 1. The van der Waals surface area contributed by atoms with Crippen LogP contribution >= 0.6 is 0 Å². The minimum atomic E-state index is -1.59. The van der Waals surface area contributed by atoms with Gasteiger partial charge < -0.3 is 15.2 Å². The van der Waals surface area contributed by atoms with Gasteiger partial charge in [0.15, 0.2) is 0 Å². The lowest BCUT2D eigenvalue weighted by Gasteiger charge is -2.21. The third kappa shape index (κ3) is 11.4. The Bertz CT molecular complexity index is 1310. The lowest BCUT2D eigenvalue weighted by Crippen LogP contribution is -2.36. The second-order valence-electron chi connectivity index (χ2n) is 10.6. The first-order valence-corrected chi connectivity index (χ1v) is 15.2. The molecule has 228 valence electrons. The summed E-state index contributed by atoms with van der Waals surface area (Å²) in [4.78, 5) is 50.1. The molecular weight excluding hydrogens is 544 g/mol. The molecule has 3 aromatic rings. The van der Waals surface area contributed by atoms with Crippen molar-refractivity contribution in [2.75, 3.05) is 11.4 Å². The number of carbonyl (C=O) groups is 4. The molecule has 0 spiro atoms. The summed E-state index contributed by atoms with van der Waals surface area (Å²) in [6.07, 6.45) is 12.3. The van der Waals surface area contributed by atoms with Crippen molar-refractivity contribution < 1.29 is 29.0 Å². The lowest BCUT2D eigenvalue weighted by molar-refractivity contribution is -0.148. The second kappa shape index (κ2) is 18.2. The number of carboxylic acids is 1. The summed E-state index contributed by atoms with van der Waals surface area (Å²) in [5.74, 6) is -3.13. The average molecular weight is 587 g/mol. The standard InChI is InChI=1S/C35H42N2O6/c1-2-3-4-5-6-7-8-9-10-14-25-36-32(38)28-19-17-27(18-20-28)26-37(33(39)34(40)41)30-21-23-31(24-22-30)43-35(42)29-15-12-11-13-16-29/h11-13,15-24H,2-10,14,25-26H2,1H3,(H,36,38)(H,40,41). The topological polar surface area (TPSA) is 113 Å². The molecule has 0 bridgehead atoms. The zero-order chi connectivity index (χ0) is 30.9. The molecule has 0 radical (unpaired) electrons. The van der Waals surface area contributed by atoms with Gasteiger partial charge in [-0.25, -0.2) is 9.59 Å². The molecule has 2 N–H and O–H groups in total. The Kier molecular flexibility index (Phi) is 14.0. The Morgan fingerprint density at radius 1 is 0.698 bits per heavy atom. The fourth-order valence-corrected chi connectivity index (χ4v) is 4.69. The predicted octanol–water partition coefficient (Wildman–Crippen LogP) is 7.17. The van der Waals surface area contributed by atoms with E-state index in [4.69, 9.17) is 4.74 Å². The molecule has 0 fully saturated rings. The highest BCUT2D eigenvalue weighted by atomic mass is 16.5. The number of aliphatic carboxylic acids is 1. The van der Waals surface area contributed by atoms with Crippen molar-refractivity contribution in [3.8, 4) is 5.75 Å². The van der Waals surface area contributed by atoms with Crippen LogP contribution in [-0.2, 0) is 16.1 Å². The van der Waals surface area contributed by atoms with E-state index in [-0.39, 0.29) is 18.2 Å². The van der Waals surface area contributed by atoms with Gasteiger partial charge in [0.2, 0.25) is 0 Å². The van der Waals surface area contributed by atoms with Crippen molar-refractivity contribution >= 4 is 29.4 Å². The van der Waals surface area contributed by atoms with Crippen LogP contribution in [0.15, 0.2) is 78.9 Å². The van der Waals surface area contributed by atoms with E-state index in [2.05, 4.69) is 12.2 Å². The minimum absolute atomic E-state index is 0.0191. The summed E-state index contributed by atoms with van der Waals surface area (Å²) < 4.78 is 5.37. The number of unbranched alkanes of at least 4 members (excludes halogenated alkanes) is 9. The van der Waals surface area contributed by atoms with Crippen molar-refractivity contribution in [1.82, 2.24) is 5.32 Å². The molecule has 0 unspecified atom stereocenters.